The lowest BCUT2D eigenvalue weighted by Gasteiger charge is -2.16. The maximum Gasteiger partial charge on any atom is 0.309 e. The predicted molar refractivity (Wildman–Crippen MR) is 82.8 cm³/mol. The third kappa shape index (κ3) is 3.80. The largest absolute Gasteiger partial charge is 0.465 e. The highest BCUT2D eigenvalue weighted by Crippen LogP contribution is 2.48. The number of hydrogen-bond donors (Lipinski definition) is 0. The Balaban J connectivity index is 1.40. The van der Waals surface area contributed by atoms with Gasteiger partial charge in [0, 0.05) is 11.4 Å². The standard InChI is InChI=1S/C17H21ClO4/c1-17(2)21-10-13(22-17)7-8-20-16(19)15-9-14(15)11-3-5-12(18)6-4-11/h3-6,13-15H,7-10H2,1-2H3/t13-,14+,15-/m0/s1. The van der Waals surface area contributed by atoms with E-state index in [0.29, 0.717) is 24.7 Å². The van der Waals surface area contributed by atoms with Crippen LogP contribution in [0.25, 0.3) is 0 Å². The first-order valence-corrected chi connectivity index (χ1v) is 8.06. The fourth-order valence-corrected chi connectivity index (χ4v) is 2.96. The van der Waals surface area contributed by atoms with Gasteiger partial charge in [-0.3, -0.25) is 4.79 Å². The molecule has 3 atom stereocenters. The lowest BCUT2D eigenvalue weighted by atomic mass is 10.1. The SMILES string of the molecule is CC1(C)OC[C@H](CCOC(=O)[C@H]2C[C@@H]2c2ccc(Cl)cc2)O1. The Bertz CT molecular complexity index is 540. The smallest absolute Gasteiger partial charge is 0.309 e. The molecule has 0 spiro atoms. The summed E-state index contributed by atoms with van der Waals surface area (Å²) in [6, 6.07) is 7.67. The van der Waals surface area contributed by atoms with Crippen molar-refractivity contribution >= 4 is 17.6 Å². The Hall–Kier alpha value is -1.10. The molecule has 1 saturated heterocycles. The number of rotatable bonds is 5. The number of esters is 1. The minimum Gasteiger partial charge on any atom is -0.465 e. The van der Waals surface area contributed by atoms with E-state index in [0.717, 1.165) is 12.0 Å². The van der Waals surface area contributed by atoms with E-state index < -0.39 is 5.79 Å². The molecule has 120 valence electrons. The van der Waals surface area contributed by atoms with Gasteiger partial charge in [0.1, 0.15) is 0 Å². The second-order valence-corrected chi connectivity index (χ2v) is 6.84. The first-order valence-electron chi connectivity index (χ1n) is 7.68. The van der Waals surface area contributed by atoms with E-state index in [-0.39, 0.29) is 23.9 Å². The van der Waals surface area contributed by atoms with Crippen molar-refractivity contribution in [3.8, 4) is 0 Å². The molecule has 0 unspecified atom stereocenters. The van der Waals surface area contributed by atoms with Crippen molar-refractivity contribution in [2.45, 2.75) is 44.5 Å². The van der Waals surface area contributed by atoms with Crippen LogP contribution in [0.4, 0.5) is 0 Å². The lowest BCUT2D eigenvalue weighted by Crippen LogP contribution is -2.22. The number of ether oxygens (including phenoxy) is 3. The van der Waals surface area contributed by atoms with E-state index >= 15 is 0 Å². The quantitative estimate of drug-likeness (QED) is 0.777. The Morgan fingerprint density at radius 2 is 2.09 bits per heavy atom. The Labute approximate surface area is 135 Å². The summed E-state index contributed by atoms with van der Waals surface area (Å²) in [4.78, 5) is 12.0. The molecule has 1 heterocycles. The van der Waals surface area contributed by atoms with Crippen LogP contribution in [0.5, 0.6) is 0 Å². The van der Waals surface area contributed by atoms with Gasteiger partial charge in [-0.05, 0) is 43.9 Å². The van der Waals surface area contributed by atoms with Crippen LogP contribution in [-0.4, -0.2) is 31.1 Å². The van der Waals surface area contributed by atoms with E-state index in [2.05, 4.69) is 0 Å². The minimum atomic E-state index is -0.523. The third-order valence-corrected chi connectivity index (χ3v) is 4.39. The van der Waals surface area contributed by atoms with Crippen LogP contribution in [0.3, 0.4) is 0 Å². The van der Waals surface area contributed by atoms with Crippen LogP contribution in [0.15, 0.2) is 24.3 Å². The maximum absolute atomic E-state index is 12.0. The summed E-state index contributed by atoms with van der Waals surface area (Å²) in [7, 11) is 0. The molecule has 0 radical (unpaired) electrons. The summed E-state index contributed by atoms with van der Waals surface area (Å²) < 4.78 is 16.5. The van der Waals surface area contributed by atoms with Crippen LogP contribution in [-0.2, 0) is 19.0 Å². The van der Waals surface area contributed by atoms with Gasteiger partial charge >= 0.3 is 5.97 Å². The predicted octanol–water partition coefficient (Wildman–Crippen LogP) is 3.53. The summed E-state index contributed by atoms with van der Waals surface area (Å²) in [5.74, 6) is -0.378. The zero-order valence-corrected chi connectivity index (χ0v) is 13.6. The van der Waals surface area contributed by atoms with Crippen molar-refractivity contribution in [3.05, 3.63) is 34.9 Å². The van der Waals surface area contributed by atoms with Gasteiger partial charge in [-0.1, -0.05) is 23.7 Å². The fraction of sp³-hybridized carbons (Fsp3) is 0.588. The zero-order chi connectivity index (χ0) is 15.7. The van der Waals surface area contributed by atoms with Crippen LogP contribution in [0, 0.1) is 5.92 Å². The second-order valence-electron chi connectivity index (χ2n) is 6.41. The second kappa shape index (κ2) is 6.19. The van der Waals surface area contributed by atoms with Crippen molar-refractivity contribution < 1.29 is 19.0 Å². The molecular weight excluding hydrogens is 304 g/mol. The van der Waals surface area contributed by atoms with Crippen molar-refractivity contribution in [1.29, 1.82) is 0 Å². The van der Waals surface area contributed by atoms with Crippen molar-refractivity contribution in [3.63, 3.8) is 0 Å². The van der Waals surface area contributed by atoms with Gasteiger partial charge in [-0.15, -0.1) is 0 Å². The summed E-state index contributed by atoms with van der Waals surface area (Å²) in [5.41, 5.74) is 1.15. The molecule has 2 aliphatic rings. The van der Waals surface area contributed by atoms with E-state index in [1.54, 1.807) is 0 Å². The summed E-state index contributed by atoms with van der Waals surface area (Å²) >= 11 is 5.87. The van der Waals surface area contributed by atoms with Gasteiger partial charge in [0.25, 0.3) is 0 Å². The number of hydrogen-bond acceptors (Lipinski definition) is 4. The average Bonchev–Trinajstić information content (AvgIpc) is 3.19. The Morgan fingerprint density at radius 3 is 2.73 bits per heavy atom. The normalized spacial score (nSPS) is 29.3. The van der Waals surface area contributed by atoms with Gasteiger partial charge in [-0.25, -0.2) is 0 Å². The average molecular weight is 325 g/mol. The lowest BCUT2D eigenvalue weighted by molar-refractivity contribution is -0.149. The molecule has 1 aliphatic carbocycles. The number of halogens is 1. The van der Waals surface area contributed by atoms with Crippen LogP contribution >= 0.6 is 11.6 Å². The number of benzene rings is 1. The van der Waals surface area contributed by atoms with Gasteiger partial charge < -0.3 is 14.2 Å². The van der Waals surface area contributed by atoms with Crippen molar-refractivity contribution in [2.75, 3.05) is 13.2 Å². The molecule has 1 aliphatic heterocycles. The molecule has 0 aromatic heterocycles. The van der Waals surface area contributed by atoms with E-state index in [1.165, 1.54) is 0 Å². The molecule has 3 rings (SSSR count). The highest BCUT2D eigenvalue weighted by Gasteiger charge is 2.45. The van der Waals surface area contributed by atoms with Crippen LogP contribution in [0.1, 0.15) is 38.2 Å². The van der Waals surface area contributed by atoms with Gasteiger partial charge in [0.2, 0.25) is 0 Å². The molecule has 1 saturated carbocycles. The Kier molecular flexibility index (Phi) is 4.44. The summed E-state index contributed by atoms with van der Waals surface area (Å²) in [5, 5.41) is 0.713. The van der Waals surface area contributed by atoms with E-state index in [4.69, 9.17) is 25.8 Å². The highest BCUT2D eigenvalue weighted by molar-refractivity contribution is 6.30. The molecule has 0 amide bonds. The van der Waals surface area contributed by atoms with Gasteiger partial charge in [0.05, 0.1) is 25.2 Å². The highest BCUT2D eigenvalue weighted by atomic mass is 35.5. The molecule has 1 aromatic rings. The van der Waals surface area contributed by atoms with Gasteiger partial charge in [0.15, 0.2) is 5.79 Å². The number of carbonyl (C=O) groups is 1. The molecule has 22 heavy (non-hydrogen) atoms. The van der Waals surface area contributed by atoms with Gasteiger partial charge in [-0.2, -0.15) is 0 Å². The molecule has 4 nitrogen and oxygen atoms in total. The van der Waals surface area contributed by atoms with E-state index in [1.807, 2.05) is 38.1 Å². The summed E-state index contributed by atoms with van der Waals surface area (Å²) in [6.07, 6.45) is 1.54. The molecule has 0 bridgehead atoms. The number of carbonyl (C=O) groups excluding carboxylic acids is 1. The molecule has 2 fully saturated rings. The van der Waals surface area contributed by atoms with Crippen LogP contribution in [0.2, 0.25) is 5.02 Å². The zero-order valence-electron chi connectivity index (χ0n) is 12.9. The molecule has 0 N–H and O–H groups in total. The molecular formula is C17H21ClO4. The first kappa shape index (κ1) is 15.8. The topological polar surface area (TPSA) is 44.8 Å². The van der Waals surface area contributed by atoms with Crippen molar-refractivity contribution in [1.82, 2.24) is 0 Å². The van der Waals surface area contributed by atoms with Crippen LogP contribution < -0.4 is 0 Å². The fourth-order valence-electron chi connectivity index (χ4n) is 2.84. The molecule has 5 heteroatoms. The summed E-state index contributed by atoms with van der Waals surface area (Å²) in [6.45, 7) is 4.72. The van der Waals surface area contributed by atoms with E-state index in [9.17, 15) is 4.79 Å². The third-order valence-electron chi connectivity index (χ3n) is 4.14. The monoisotopic (exact) mass is 324 g/mol. The first-order chi connectivity index (χ1) is 10.4. The maximum atomic E-state index is 12.0. The van der Waals surface area contributed by atoms with Crippen molar-refractivity contribution in [2.24, 2.45) is 5.92 Å². The molecule has 1 aromatic carbocycles. The minimum absolute atomic E-state index is 0.00839. The Morgan fingerprint density at radius 1 is 1.36 bits per heavy atom.